The van der Waals surface area contributed by atoms with Gasteiger partial charge < -0.3 is 45.9 Å². The summed E-state index contributed by atoms with van der Waals surface area (Å²) < 4.78 is 25.3. The molecule has 0 unspecified atom stereocenters. The quantitative estimate of drug-likeness (QED) is 0.0378. The van der Waals surface area contributed by atoms with Crippen molar-refractivity contribution < 1.29 is 43.0 Å². The normalized spacial score (nSPS) is 11.8. The number of amides is 3. The highest BCUT2D eigenvalue weighted by atomic mass is 16.5. The molecule has 0 saturated heterocycles. The minimum atomic E-state index is -0.676. The molecule has 2 aromatic carbocycles. The summed E-state index contributed by atoms with van der Waals surface area (Å²) in [5.74, 6) is -0.0675. The fraction of sp³-hybridized carbons (Fsp3) is 0.388. The van der Waals surface area contributed by atoms with Crippen molar-refractivity contribution in [2.75, 3.05) is 33.5 Å². The molecule has 7 rings (SSSR count). The summed E-state index contributed by atoms with van der Waals surface area (Å²) in [7, 11) is 1.62. The zero-order chi connectivity index (χ0) is 51.4. The summed E-state index contributed by atoms with van der Waals surface area (Å²) in [5, 5.41) is 13.3. The fourth-order valence-electron chi connectivity index (χ4n) is 8.12. The summed E-state index contributed by atoms with van der Waals surface area (Å²) in [6.07, 6.45) is 7.36. The molecule has 0 saturated carbocycles. The molecule has 3 amide bonds. The number of nitrogens with one attached hydrogen (secondary N) is 1. The van der Waals surface area contributed by atoms with Gasteiger partial charge >= 0.3 is 6.15 Å². The number of aryl methyl sites for hydroxylation is 4. The van der Waals surface area contributed by atoms with Crippen molar-refractivity contribution in [1.82, 2.24) is 49.0 Å². The van der Waals surface area contributed by atoms with Gasteiger partial charge in [0.2, 0.25) is 17.7 Å². The van der Waals surface area contributed by atoms with Crippen molar-refractivity contribution in [3.8, 4) is 23.0 Å². The zero-order valence-corrected chi connectivity index (χ0v) is 40.7. The average Bonchev–Trinajstić information content (AvgIpc) is 4.12. The van der Waals surface area contributed by atoms with Gasteiger partial charge in [-0.2, -0.15) is 19.8 Å². The number of allylic oxidation sites excluding steroid dienone is 2. The second-order valence-corrected chi connectivity index (χ2v) is 16.5. The molecule has 374 valence electrons. The van der Waals surface area contributed by atoms with Crippen LogP contribution in [0.25, 0.3) is 44.5 Å². The van der Waals surface area contributed by atoms with Gasteiger partial charge in [-0.25, -0.2) is 15.0 Å². The molecule has 0 fully saturated rings. The van der Waals surface area contributed by atoms with Crippen LogP contribution in [-0.4, -0.2) is 113 Å². The topological polar surface area (TPSA) is 304 Å². The summed E-state index contributed by atoms with van der Waals surface area (Å²) in [5.41, 5.74) is 22.9. The van der Waals surface area contributed by atoms with Gasteiger partial charge in [0.1, 0.15) is 39.9 Å². The number of rotatable bonds is 24. The van der Waals surface area contributed by atoms with E-state index in [9.17, 15) is 19.2 Å². The summed E-state index contributed by atoms with van der Waals surface area (Å²) in [4.78, 5) is 82.7. The summed E-state index contributed by atoms with van der Waals surface area (Å²) >= 11 is 0. The number of fused-ring (bicyclic) bond motifs is 4. The molecule has 71 heavy (non-hydrogen) atoms. The minimum Gasteiger partial charge on any atom is -0.491 e. The lowest BCUT2D eigenvalue weighted by Gasteiger charge is -2.14. The third kappa shape index (κ3) is 12.0. The Kier molecular flexibility index (Phi) is 17.7. The van der Waals surface area contributed by atoms with Gasteiger partial charge in [0.25, 0.3) is 0 Å². The number of hydrogen-bond donors (Lipinski definition) is 4. The molecule has 5 heterocycles. The van der Waals surface area contributed by atoms with Gasteiger partial charge in [0.15, 0.2) is 11.6 Å². The second-order valence-electron chi connectivity index (χ2n) is 16.5. The van der Waals surface area contributed by atoms with Crippen LogP contribution in [0.3, 0.4) is 0 Å². The van der Waals surface area contributed by atoms with Crippen LogP contribution in [-0.2, 0) is 51.7 Å². The van der Waals surface area contributed by atoms with Gasteiger partial charge in [-0.1, -0.05) is 19.1 Å². The molecule has 22 heteroatoms. The number of carbonyl (C=O) groups excluding carboxylic acids is 6. The predicted octanol–water partition coefficient (Wildman–Crippen LogP) is 3.98. The van der Waals surface area contributed by atoms with Crippen molar-refractivity contribution in [3.05, 3.63) is 88.8 Å². The van der Waals surface area contributed by atoms with E-state index in [1.54, 1.807) is 48.3 Å². The lowest BCUT2D eigenvalue weighted by Crippen LogP contribution is -2.40. The first kappa shape index (κ1) is 52.3. The molecule has 0 aliphatic carbocycles. The number of imidazole rings is 1. The van der Waals surface area contributed by atoms with Crippen LogP contribution < -0.4 is 32.0 Å². The molecule has 0 aliphatic rings. The number of hydrogen-bond acceptors (Lipinski definition) is 15. The molecule has 0 radical (unpaired) electrons. The third-order valence-corrected chi connectivity index (χ3v) is 11.5. The molecule has 7 N–H and O–H groups in total. The van der Waals surface area contributed by atoms with Crippen LogP contribution in [0.5, 0.6) is 11.5 Å². The van der Waals surface area contributed by atoms with E-state index in [1.165, 1.54) is 0 Å². The number of benzene rings is 2. The molecule has 5 aromatic heterocycles. The number of methoxy groups -OCH3 is 1. The van der Waals surface area contributed by atoms with Gasteiger partial charge in [-0.05, 0) is 76.9 Å². The maximum Gasteiger partial charge on any atom is 0.373 e. The van der Waals surface area contributed by atoms with Gasteiger partial charge in [0.05, 0.1) is 48.1 Å². The van der Waals surface area contributed by atoms with E-state index in [0.29, 0.717) is 120 Å². The monoisotopic (exact) mass is 973 g/mol. The van der Waals surface area contributed by atoms with E-state index in [-0.39, 0.29) is 55.1 Å². The third-order valence-electron chi connectivity index (χ3n) is 11.5. The molecule has 7 aromatic rings. The van der Waals surface area contributed by atoms with Crippen molar-refractivity contribution in [1.29, 1.82) is 0 Å². The Balaban J connectivity index is 0.00000268. The van der Waals surface area contributed by atoms with E-state index in [4.69, 9.17) is 56.0 Å². The number of ether oxygens (including phenoxy) is 3. The van der Waals surface area contributed by atoms with Crippen molar-refractivity contribution in [2.24, 2.45) is 17.2 Å². The Morgan fingerprint density at radius 1 is 0.775 bits per heavy atom. The molecule has 22 nitrogen and oxygen atoms in total. The minimum absolute atomic E-state index is 0.0882. The standard InChI is InChI=1S/C48H59N13O7.CO2/c1-7-34(49)48(65)52-14-12-18-67-40-25-31(45(51)64)23-35-43(40)58(41(54-35)26-38(62)36-20-28(4)56-60(36)8-2)15-10-11-16-59-42-32(22-30(44(50)63)24-39(42)68-19-13-17-66-6)33-27-53-46(55-47(33)59)37-21-29(5)57-61(37)9-3;2-1-3/h10-11,20-25,27,34H,7-9,12-19,26,49H2,1-6H3,(H2,50,63)(H2,51,64)(H,52,65);/b11-10+;/t34-;/m0./s1. The van der Waals surface area contributed by atoms with Crippen LogP contribution in [0, 0.1) is 13.8 Å². The smallest absolute Gasteiger partial charge is 0.373 e. The van der Waals surface area contributed by atoms with Crippen molar-refractivity contribution in [2.45, 2.75) is 92.5 Å². The Morgan fingerprint density at radius 2 is 1.39 bits per heavy atom. The lowest BCUT2D eigenvalue weighted by molar-refractivity contribution is -0.191. The van der Waals surface area contributed by atoms with Crippen LogP contribution in [0.15, 0.2) is 54.7 Å². The van der Waals surface area contributed by atoms with Crippen LogP contribution >= 0.6 is 0 Å². The first-order chi connectivity index (χ1) is 34.2. The van der Waals surface area contributed by atoms with E-state index < -0.39 is 17.9 Å². The van der Waals surface area contributed by atoms with Crippen LogP contribution in [0.2, 0.25) is 0 Å². The number of carbonyl (C=O) groups is 4. The van der Waals surface area contributed by atoms with Crippen molar-refractivity contribution >= 4 is 62.6 Å². The largest absolute Gasteiger partial charge is 0.491 e. The molecule has 1 atom stereocenters. The summed E-state index contributed by atoms with van der Waals surface area (Å²) in [6.45, 7) is 12.4. The number of nitrogens with two attached hydrogens (primary N) is 3. The fourth-order valence-corrected chi connectivity index (χ4v) is 8.12. The molecular formula is C49H59N13O9. The molecule has 0 spiro atoms. The molecule has 0 bridgehead atoms. The number of ketones is 1. The van der Waals surface area contributed by atoms with Crippen molar-refractivity contribution in [3.63, 3.8) is 0 Å². The average molecular weight is 974 g/mol. The zero-order valence-electron chi connectivity index (χ0n) is 40.7. The number of primary amides is 2. The van der Waals surface area contributed by atoms with E-state index in [0.717, 1.165) is 11.4 Å². The van der Waals surface area contributed by atoms with Crippen LogP contribution in [0.4, 0.5) is 0 Å². The van der Waals surface area contributed by atoms with Crippen LogP contribution in [0.1, 0.15) is 88.5 Å². The Morgan fingerprint density at radius 3 is 2.04 bits per heavy atom. The van der Waals surface area contributed by atoms with E-state index in [2.05, 4.69) is 15.5 Å². The Labute approximate surface area is 408 Å². The van der Waals surface area contributed by atoms with E-state index >= 15 is 0 Å². The van der Waals surface area contributed by atoms with Gasteiger partial charge in [-0.3, -0.25) is 28.5 Å². The summed E-state index contributed by atoms with van der Waals surface area (Å²) in [6, 6.07) is 9.61. The maximum absolute atomic E-state index is 14.0. The SMILES string of the molecule is CC[C@H](N)C(=O)NCCCOc1cc(C(N)=O)cc2nc(CC(=O)c3cc(C)nn3CC)n(C/C=C/Cn3c4nc(-c5cc(C)nn5CC)ncc4c4cc(C(N)=O)cc(OCCCOC)c43)c12.O=C=O. The maximum atomic E-state index is 14.0. The first-order valence-corrected chi connectivity index (χ1v) is 23.2. The molecule has 0 aliphatic heterocycles. The van der Waals surface area contributed by atoms with Gasteiger partial charge in [-0.15, -0.1) is 0 Å². The van der Waals surface area contributed by atoms with E-state index in [1.807, 2.05) is 66.7 Å². The molecular weight excluding hydrogens is 915 g/mol. The first-order valence-electron chi connectivity index (χ1n) is 23.2. The number of aromatic nitrogens is 9. The number of Topliss-reactive ketones (excluding diaryl/α,β-unsaturated/α-hetero) is 1. The number of nitrogens with zero attached hydrogens (tertiary/aromatic N) is 9. The highest BCUT2D eigenvalue weighted by Crippen LogP contribution is 2.37. The highest BCUT2D eigenvalue weighted by molar-refractivity contribution is 6.12. The predicted molar refractivity (Wildman–Crippen MR) is 262 cm³/mol. The lowest BCUT2D eigenvalue weighted by atomic mass is 10.1. The van der Waals surface area contributed by atoms with Gasteiger partial charge in [0, 0.05) is 81.0 Å². The Hall–Kier alpha value is -8.07. The Bertz CT molecular complexity index is 3140. The second kappa shape index (κ2) is 24.0. The highest BCUT2D eigenvalue weighted by Gasteiger charge is 2.24.